The molecule has 212 valence electrons. The highest BCUT2D eigenvalue weighted by atomic mass is 16.3. The molecule has 0 unspecified atom stereocenters. The van der Waals surface area contributed by atoms with Gasteiger partial charge in [0, 0.05) is 0 Å². The molecule has 0 atom stereocenters. The van der Waals surface area contributed by atoms with Crippen LogP contribution < -0.4 is 0 Å². The van der Waals surface area contributed by atoms with E-state index in [0.29, 0.717) is 5.92 Å². The SMILES string of the molecule is CCCCCCCCC(CCCCCCCC)C(O)(CCCCCCCC)CCCCCCCC. The van der Waals surface area contributed by atoms with Gasteiger partial charge in [-0.05, 0) is 31.6 Å². The molecule has 0 aliphatic rings. The molecule has 0 radical (unpaired) electrons. The van der Waals surface area contributed by atoms with Crippen LogP contribution in [0.5, 0.6) is 0 Å². The summed E-state index contributed by atoms with van der Waals surface area (Å²) in [5.74, 6) is 0.533. The van der Waals surface area contributed by atoms with Crippen LogP contribution in [-0.2, 0) is 0 Å². The van der Waals surface area contributed by atoms with Crippen LogP contribution in [0.25, 0.3) is 0 Å². The van der Waals surface area contributed by atoms with E-state index < -0.39 is 5.60 Å². The van der Waals surface area contributed by atoms with Crippen molar-refractivity contribution >= 4 is 0 Å². The van der Waals surface area contributed by atoms with Crippen LogP contribution in [0.2, 0.25) is 0 Å². The monoisotopic (exact) mass is 495 g/mol. The lowest BCUT2D eigenvalue weighted by Gasteiger charge is -2.37. The second kappa shape index (κ2) is 27.0. The highest BCUT2D eigenvalue weighted by molar-refractivity contribution is 4.87. The molecule has 0 aromatic rings. The molecule has 1 N–H and O–H groups in total. The minimum absolute atomic E-state index is 0.400. The van der Waals surface area contributed by atoms with Gasteiger partial charge in [-0.2, -0.15) is 0 Å². The largest absolute Gasteiger partial charge is 0.390 e. The van der Waals surface area contributed by atoms with Gasteiger partial charge in [0.1, 0.15) is 0 Å². The molecule has 0 saturated carbocycles. The first kappa shape index (κ1) is 35.0. The highest BCUT2D eigenvalue weighted by Gasteiger charge is 2.34. The number of hydrogen-bond acceptors (Lipinski definition) is 1. The van der Waals surface area contributed by atoms with Gasteiger partial charge in [0.25, 0.3) is 0 Å². The van der Waals surface area contributed by atoms with E-state index in [-0.39, 0.29) is 0 Å². The standard InChI is InChI=1S/C34H70O/c1-5-9-13-17-21-25-29-33(30-26-22-18-14-10-6-2)34(35,31-27-23-19-15-11-7-3)32-28-24-20-16-12-8-4/h33,35H,5-32H2,1-4H3. The van der Waals surface area contributed by atoms with Crippen LogP contribution in [0.1, 0.15) is 207 Å². The molecular formula is C34H70O. The maximum atomic E-state index is 12.2. The first-order valence-corrected chi connectivity index (χ1v) is 16.9. The van der Waals surface area contributed by atoms with Crippen LogP contribution in [-0.4, -0.2) is 10.7 Å². The zero-order valence-electron chi connectivity index (χ0n) is 25.3. The van der Waals surface area contributed by atoms with Gasteiger partial charge in [-0.1, -0.05) is 182 Å². The predicted molar refractivity (Wildman–Crippen MR) is 160 cm³/mol. The molecule has 0 rings (SSSR count). The lowest BCUT2D eigenvalue weighted by Crippen LogP contribution is -2.38. The van der Waals surface area contributed by atoms with Crippen molar-refractivity contribution in [2.24, 2.45) is 5.92 Å². The van der Waals surface area contributed by atoms with Gasteiger partial charge in [0.15, 0.2) is 0 Å². The van der Waals surface area contributed by atoms with E-state index in [4.69, 9.17) is 0 Å². The molecule has 1 heteroatoms. The van der Waals surface area contributed by atoms with E-state index in [1.54, 1.807) is 0 Å². The summed E-state index contributed by atoms with van der Waals surface area (Å²) < 4.78 is 0. The molecule has 0 spiro atoms. The van der Waals surface area contributed by atoms with Gasteiger partial charge in [0.2, 0.25) is 0 Å². The van der Waals surface area contributed by atoms with Gasteiger partial charge >= 0.3 is 0 Å². The molecule has 1 nitrogen and oxygen atoms in total. The Balaban J connectivity index is 4.90. The van der Waals surface area contributed by atoms with E-state index in [1.807, 2.05) is 0 Å². The van der Waals surface area contributed by atoms with Crippen molar-refractivity contribution in [3.8, 4) is 0 Å². The molecule has 0 saturated heterocycles. The van der Waals surface area contributed by atoms with Gasteiger partial charge in [0.05, 0.1) is 5.60 Å². The summed E-state index contributed by atoms with van der Waals surface area (Å²) >= 11 is 0. The molecule has 0 aromatic heterocycles. The third-order valence-electron chi connectivity index (χ3n) is 8.50. The Morgan fingerprint density at radius 1 is 0.371 bits per heavy atom. The second-order valence-corrected chi connectivity index (χ2v) is 11.9. The van der Waals surface area contributed by atoms with Crippen LogP contribution in [0.4, 0.5) is 0 Å². The quantitative estimate of drug-likeness (QED) is 0.102. The van der Waals surface area contributed by atoms with Crippen molar-refractivity contribution in [1.29, 1.82) is 0 Å². The lowest BCUT2D eigenvalue weighted by molar-refractivity contribution is -0.0457. The zero-order valence-corrected chi connectivity index (χ0v) is 25.3. The van der Waals surface area contributed by atoms with E-state index in [2.05, 4.69) is 27.7 Å². The average Bonchev–Trinajstić information content (AvgIpc) is 2.86. The van der Waals surface area contributed by atoms with Crippen molar-refractivity contribution in [3.05, 3.63) is 0 Å². The molecule has 35 heavy (non-hydrogen) atoms. The van der Waals surface area contributed by atoms with Crippen molar-refractivity contribution in [1.82, 2.24) is 0 Å². The Labute approximate surface area is 224 Å². The van der Waals surface area contributed by atoms with Crippen LogP contribution in [0, 0.1) is 5.92 Å². The van der Waals surface area contributed by atoms with Crippen LogP contribution in [0.15, 0.2) is 0 Å². The van der Waals surface area contributed by atoms with Crippen molar-refractivity contribution < 1.29 is 5.11 Å². The number of rotatable bonds is 29. The first-order chi connectivity index (χ1) is 17.1. The van der Waals surface area contributed by atoms with Gasteiger partial charge in [-0.3, -0.25) is 0 Å². The highest BCUT2D eigenvalue weighted by Crippen LogP contribution is 2.37. The molecule has 0 aliphatic carbocycles. The smallest absolute Gasteiger partial charge is 0.0675 e. The van der Waals surface area contributed by atoms with Crippen molar-refractivity contribution in [2.45, 2.75) is 213 Å². The first-order valence-electron chi connectivity index (χ1n) is 16.9. The molecule has 0 amide bonds. The van der Waals surface area contributed by atoms with Gasteiger partial charge < -0.3 is 5.11 Å². The maximum Gasteiger partial charge on any atom is 0.0675 e. The summed E-state index contributed by atoms with van der Waals surface area (Å²) in [6, 6.07) is 0. The molecule has 0 aromatic carbocycles. The van der Waals surface area contributed by atoms with E-state index in [9.17, 15) is 5.11 Å². The zero-order chi connectivity index (χ0) is 25.9. The van der Waals surface area contributed by atoms with E-state index in [0.717, 1.165) is 12.8 Å². The summed E-state index contributed by atoms with van der Waals surface area (Å²) in [6.45, 7) is 9.21. The fourth-order valence-electron chi connectivity index (χ4n) is 5.98. The number of unbranched alkanes of at least 4 members (excludes halogenated alkanes) is 20. The van der Waals surface area contributed by atoms with E-state index >= 15 is 0 Å². The van der Waals surface area contributed by atoms with Crippen LogP contribution >= 0.6 is 0 Å². The molecule has 0 bridgehead atoms. The minimum atomic E-state index is -0.400. The second-order valence-electron chi connectivity index (χ2n) is 11.9. The lowest BCUT2D eigenvalue weighted by atomic mass is 9.74. The summed E-state index contributed by atoms with van der Waals surface area (Å²) in [4.78, 5) is 0. The van der Waals surface area contributed by atoms with E-state index in [1.165, 1.54) is 167 Å². The number of aliphatic hydroxyl groups is 1. The Kier molecular flexibility index (Phi) is 27.0. The molecular weight excluding hydrogens is 424 g/mol. The normalized spacial score (nSPS) is 12.2. The summed E-state index contributed by atoms with van der Waals surface area (Å²) in [6.07, 6.45) is 37.1. The van der Waals surface area contributed by atoms with Crippen LogP contribution in [0.3, 0.4) is 0 Å². The molecule has 0 fully saturated rings. The number of hydrogen-bond donors (Lipinski definition) is 1. The Morgan fingerprint density at radius 2 is 0.629 bits per heavy atom. The fourth-order valence-corrected chi connectivity index (χ4v) is 5.98. The molecule has 0 aliphatic heterocycles. The third kappa shape index (κ3) is 21.7. The van der Waals surface area contributed by atoms with Gasteiger partial charge in [-0.25, -0.2) is 0 Å². The Morgan fingerprint density at radius 3 is 0.943 bits per heavy atom. The predicted octanol–water partition coefficient (Wildman–Crippen LogP) is 12.3. The Bertz CT molecular complexity index is 358. The topological polar surface area (TPSA) is 20.2 Å². The summed E-state index contributed by atoms with van der Waals surface area (Å²) in [5, 5.41) is 12.2. The van der Waals surface area contributed by atoms with Crippen molar-refractivity contribution in [2.75, 3.05) is 0 Å². The fraction of sp³-hybridized carbons (Fsp3) is 1.00. The third-order valence-corrected chi connectivity index (χ3v) is 8.50. The average molecular weight is 495 g/mol. The molecule has 0 heterocycles. The maximum absolute atomic E-state index is 12.2. The van der Waals surface area contributed by atoms with Gasteiger partial charge in [-0.15, -0.1) is 0 Å². The Hall–Kier alpha value is -0.0400. The summed E-state index contributed by atoms with van der Waals surface area (Å²) in [5.41, 5.74) is -0.400. The minimum Gasteiger partial charge on any atom is -0.390 e. The van der Waals surface area contributed by atoms with Crippen molar-refractivity contribution in [3.63, 3.8) is 0 Å². The summed E-state index contributed by atoms with van der Waals surface area (Å²) in [7, 11) is 0.